The Morgan fingerprint density at radius 2 is 1.76 bits per heavy atom. The molecule has 9 heteroatoms. The SMILES string of the molecule is C#CCCc1onc(NS(=O)(=O)c2ccc(C(C)(C)C)cc2)c1Sc1ccc(OC)c(OC)c1. The Morgan fingerprint density at radius 3 is 2.35 bits per heavy atom. The van der Waals surface area contributed by atoms with Gasteiger partial charge < -0.3 is 14.0 Å². The smallest absolute Gasteiger partial charge is 0.263 e. The van der Waals surface area contributed by atoms with E-state index in [1.165, 1.54) is 11.8 Å². The Labute approximate surface area is 205 Å². The number of sulfonamides is 1. The van der Waals surface area contributed by atoms with Gasteiger partial charge in [-0.05, 0) is 41.3 Å². The number of aromatic nitrogens is 1. The van der Waals surface area contributed by atoms with Crippen molar-refractivity contribution in [3.63, 3.8) is 0 Å². The zero-order chi connectivity index (χ0) is 24.9. The summed E-state index contributed by atoms with van der Waals surface area (Å²) in [4.78, 5) is 1.46. The van der Waals surface area contributed by atoms with E-state index < -0.39 is 10.0 Å². The average molecular weight is 501 g/mol. The molecule has 3 rings (SSSR count). The first-order chi connectivity index (χ1) is 16.1. The average Bonchev–Trinajstić information content (AvgIpc) is 3.17. The van der Waals surface area contributed by atoms with E-state index in [2.05, 4.69) is 36.6 Å². The van der Waals surface area contributed by atoms with Crippen LogP contribution in [0.3, 0.4) is 0 Å². The zero-order valence-corrected chi connectivity index (χ0v) is 21.5. The monoisotopic (exact) mass is 500 g/mol. The summed E-state index contributed by atoms with van der Waals surface area (Å²) >= 11 is 1.30. The maximum Gasteiger partial charge on any atom is 0.263 e. The van der Waals surface area contributed by atoms with Crippen LogP contribution < -0.4 is 14.2 Å². The van der Waals surface area contributed by atoms with E-state index in [-0.39, 0.29) is 16.1 Å². The Hall–Kier alpha value is -3.09. The van der Waals surface area contributed by atoms with Gasteiger partial charge in [0.2, 0.25) is 0 Å². The second-order valence-corrected chi connectivity index (χ2v) is 11.3. The van der Waals surface area contributed by atoms with E-state index in [4.69, 9.17) is 20.4 Å². The van der Waals surface area contributed by atoms with Crippen LogP contribution >= 0.6 is 11.8 Å². The highest BCUT2D eigenvalue weighted by Crippen LogP contribution is 2.40. The van der Waals surface area contributed by atoms with Gasteiger partial charge >= 0.3 is 0 Å². The number of terminal acetylenes is 1. The minimum absolute atomic E-state index is 0.0863. The van der Waals surface area contributed by atoms with Crippen molar-refractivity contribution in [1.29, 1.82) is 0 Å². The van der Waals surface area contributed by atoms with Crippen molar-refractivity contribution in [3.05, 3.63) is 53.8 Å². The van der Waals surface area contributed by atoms with Crippen molar-refractivity contribution in [2.24, 2.45) is 0 Å². The van der Waals surface area contributed by atoms with Gasteiger partial charge in [0, 0.05) is 17.7 Å². The first-order valence-electron chi connectivity index (χ1n) is 10.5. The molecule has 0 bridgehead atoms. The highest BCUT2D eigenvalue weighted by atomic mass is 32.2. The van der Waals surface area contributed by atoms with E-state index >= 15 is 0 Å². The minimum atomic E-state index is -3.89. The van der Waals surface area contributed by atoms with Crippen LogP contribution in [0.5, 0.6) is 11.5 Å². The van der Waals surface area contributed by atoms with E-state index in [1.54, 1.807) is 38.5 Å². The van der Waals surface area contributed by atoms with Crippen LogP contribution in [0.25, 0.3) is 0 Å². The molecule has 3 aromatic rings. The van der Waals surface area contributed by atoms with E-state index in [0.29, 0.717) is 35.0 Å². The fourth-order valence-electron chi connectivity index (χ4n) is 3.15. The fraction of sp³-hybridized carbons (Fsp3) is 0.320. The van der Waals surface area contributed by atoms with Crippen molar-refractivity contribution >= 4 is 27.6 Å². The molecule has 0 radical (unpaired) electrons. The third-order valence-electron chi connectivity index (χ3n) is 5.05. The molecule has 0 aliphatic rings. The lowest BCUT2D eigenvalue weighted by atomic mass is 9.87. The number of aryl methyl sites for hydroxylation is 1. The lowest BCUT2D eigenvalue weighted by molar-refractivity contribution is 0.354. The summed E-state index contributed by atoms with van der Waals surface area (Å²) in [5, 5.41) is 4.00. The van der Waals surface area contributed by atoms with Crippen LogP contribution in [0.1, 0.15) is 38.5 Å². The predicted octanol–water partition coefficient (Wildman–Crippen LogP) is 5.51. The summed E-state index contributed by atoms with van der Waals surface area (Å²) in [6.45, 7) is 6.21. The lowest BCUT2D eigenvalue weighted by Crippen LogP contribution is -2.15. The Balaban J connectivity index is 1.94. The summed E-state index contributed by atoms with van der Waals surface area (Å²) in [5.74, 6) is 4.31. The minimum Gasteiger partial charge on any atom is -0.493 e. The molecular weight excluding hydrogens is 472 g/mol. The lowest BCUT2D eigenvalue weighted by Gasteiger charge is -2.19. The molecule has 0 saturated heterocycles. The number of nitrogens with zero attached hydrogens (tertiary/aromatic N) is 1. The van der Waals surface area contributed by atoms with Gasteiger partial charge in [0.15, 0.2) is 23.1 Å². The summed E-state index contributed by atoms with van der Waals surface area (Å²) in [5.41, 5.74) is 0.950. The van der Waals surface area contributed by atoms with E-state index in [0.717, 1.165) is 10.5 Å². The molecule has 0 spiro atoms. The molecule has 2 aromatic carbocycles. The highest BCUT2D eigenvalue weighted by Gasteiger charge is 2.24. The number of rotatable bonds is 9. The van der Waals surface area contributed by atoms with Crippen LogP contribution in [0, 0.1) is 12.3 Å². The maximum absolute atomic E-state index is 13.1. The van der Waals surface area contributed by atoms with Crippen LogP contribution in [0.4, 0.5) is 5.82 Å². The van der Waals surface area contributed by atoms with Gasteiger partial charge in [-0.15, -0.1) is 12.3 Å². The molecule has 0 fully saturated rings. The van der Waals surface area contributed by atoms with Crippen molar-refractivity contribution in [2.75, 3.05) is 18.9 Å². The standard InChI is InChI=1S/C25H28N2O5S2/c1-7-8-9-21-23(33-18-12-15-20(30-5)22(16-18)31-6)24(26-32-21)27-34(28,29)19-13-10-17(11-14-19)25(2,3)4/h1,10-16H,8-9H2,2-6H3,(H,26,27). The molecule has 0 unspecified atom stereocenters. The number of anilines is 1. The molecule has 0 amide bonds. The van der Waals surface area contributed by atoms with Crippen molar-refractivity contribution in [1.82, 2.24) is 5.16 Å². The van der Waals surface area contributed by atoms with Gasteiger partial charge in [-0.25, -0.2) is 8.42 Å². The molecular formula is C25H28N2O5S2. The highest BCUT2D eigenvalue weighted by molar-refractivity contribution is 7.99. The van der Waals surface area contributed by atoms with Crippen molar-refractivity contribution in [2.45, 2.75) is 53.7 Å². The van der Waals surface area contributed by atoms with Crippen LogP contribution in [0.15, 0.2) is 61.7 Å². The number of benzene rings is 2. The third kappa shape index (κ3) is 5.88. The van der Waals surface area contributed by atoms with E-state index in [9.17, 15) is 8.42 Å². The third-order valence-corrected chi connectivity index (χ3v) is 7.52. The van der Waals surface area contributed by atoms with Gasteiger partial charge in [0.25, 0.3) is 10.0 Å². The summed E-state index contributed by atoms with van der Waals surface area (Å²) < 4.78 is 44.9. The largest absolute Gasteiger partial charge is 0.493 e. The van der Waals surface area contributed by atoms with Gasteiger partial charge in [-0.1, -0.05) is 49.8 Å². The van der Waals surface area contributed by atoms with Crippen LogP contribution in [-0.2, 0) is 21.9 Å². The van der Waals surface area contributed by atoms with E-state index in [1.807, 2.05) is 18.2 Å². The topological polar surface area (TPSA) is 90.7 Å². The molecule has 180 valence electrons. The van der Waals surface area contributed by atoms with Crippen LogP contribution in [-0.4, -0.2) is 27.8 Å². The number of nitrogens with one attached hydrogen (secondary N) is 1. The summed E-state index contributed by atoms with van der Waals surface area (Å²) in [7, 11) is -0.783. The van der Waals surface area contributed by atoms with Gasteiger partial charge in [-0.3, -0.25) is 4.72 Å². The van der Waals surface area contributed by atoms with Gasteiger partial charge in [-0.2, -0.15) is 0 Å². The normalized spacial score (nSPS) is 11.6. The quantitative estimate of drug-likeness (QED) is 0.388. The molecule has 0 atom stereocenters. The Morgan fingerprint density at radius 1 is 1.09 bits per heavy atom. The summed E-state index contributed by atoms with van der Waals surface area (Å²) in [6.07, 6.45) is 6.26. The Bertz CT molecular complexity index is 1280. The van der Waals surface area contributed by atoms with Crippen molar-refractivity contribution < 1.29 is 22.4 Å². The molecule has 7 nitrogen and oxygen atoms in total. The molecule has 1 N–H and O–H groups in total. The predicted molar refractivity (Wildman–Crippen MR) is 133 cm³/mol. The first-order valence-corrected chi connectivity index (χ1v) is 12.8. The molecule has 1 heterocycles. The molecule has 34 heavy (non-hydrogen) atoms. The van der Waals surface area contributed by atoms with Gasteiger partial charge in [0.1, 0.15) is 4.90 Å². The van der Waals surface area contributed by atoms with Gasteiger partial charge in [0.05, 0.1) is 19.1 Å². The molecule has 1 aromatic heterocycles. The van der Waals surface area contributed by atoms with Crippen LogP contribution in [0.2, 0.25) is 0 Å². The Kier molecular flexibility index (Phi) is 7.85. The summed E-state index contributed by atoms with van der Waals surface area (Å²) in [6, 6.07) is 12.2. The van der Waals surface area contributed by atoms with Crippen molar-refractivity contribution in [3.8, 4) is 23.8 Å². The zero-order valence-electron chi connectivity index (χ0n) is 19.8. The molecule has 0 saturated carbocycles. The number of hydrogen-bond donors (Lipinski definition) is 1. The first kappa shape index (κ1) is 25.5. The fourth-order valence-corrected chi connectivity index (χ4v) is 5.20. The maximum atomic E-state index is 13.1. The number of methoxy groups -OCH3 is 2. The number of ether oxygens (including phenoxy) is 2. The molecule has 0 aliphatic carbocycles. The number of hydrogen-bond acceptors (Lipinski definition) is 7. The second-order valence-electron chi connectivity index (χ2n) is 8.49. The second kappa shape index (κ2) is 10.5. The molecule has 0 aliphatic heterocycles.